The topological polar surface area (TPSA) is 24.9 Å². The molecule has 1 rings (SSSR count). The molecule has 0 aliphatic heterocycles. The van der Waals surface area contributed by atoms with Gasteiger partial charge in [-0.2, -0.15) is 0 Å². The normalized spacial score (nSPS) is 11.4. The van der Waals surface area contributed by atoms with Crippen LogP contribution in [0.1, 0.15) is 39.3 Å². The highest BCUT2D eigenvalue weighted by Gasteiger charge is 2.15. The summed E-state index contributed by atoms with van der Waals surface area (Å²) in [4.78, 5) is 4.18. The third-order valence-corrected chi connectivity index (χ3v) is 2.25. The Balaban J connectivity index is 2.68. The quantitative estimate of drug-likeness (QED) is 0.791. The van der Waals surface area contributed by atoms with Crippen molar-refractivity contribution < 1.29 is 0 Å². The maximum Gasteiger partial charge on any atom is 0.0393 e. The Labute approximate surface area is 86.8 Å². The van der Waals surface area contributed by atoms with Gasteiger partial charge in [-0.05, 0) is 39.3 Å². The van der Waals surface area contributed by atoms with E-state index < -0.39 is 0 Å². The van der Waals surface area contributed by atoms with E-state index in [1.807, 2.05) is 19.2 Å². The molecule has 0 radical (unpaired) electrons. The first kappa shape index (κ1) is 11.0. The van der Waals surface area contributed by atoms with Crippen LogP contribution in [0.15, 0.2) is 18.3 Å². The molecule has 1 N–H and O–H groups in total. The van der Waals surface area contributed by atoms with Crippen molar-refractivity contribution in [3.05, 3.63) is 24.0 Å². The van der Waals surface area contributed by atoms with Crippen molar-refractivity contribution in [3.8, 4) is 0 Å². The van der Waals surface area contributed by atoms with Crippen LogP contribution in [0.5, 0.6) is 0 Å². The zero-order valence-corrected chi connectivity index (χ0v) is 9.59. The number of hydrogen-bond acceptors (Lipinski definition) is 2. The average molecular weight is 192 g/mol. The Bertz CT molecular complexity index is 292. The maximum absolute atomic E-state index is 4.18. The second kappa shape index (κ2) is 4.45. The molecule has 1 aromatic rings. The van der Waals surface area contributed by atoms with Gasteiger partial charge in [0, 0.05) is 23.1 Å². The minimum absolute atomic E-state index is 0.169. The Kier molecular flexibility index (Phi) is 3.50. The smallest absolute Gasteiger partial charge is 0.0393 e. The molecule has 78 valence electrons. The molecule has 0 aliphatic carbocycles. The van der Waals surface area contributed by atoms with Crippen LogP contribution in [-0.4, -0.2) is 10.5 Å². The van der Waals surface area contributed by atoms with Gasteiger partial charge >= 0.3 is 0 Å². The number of aromatic nitrogens is 1. The van der Waals surface area contributed by atoms with Crippen molar-refractivity contribution in [2.24, 2.45) is 0 Å². The summed E-state index contributed by atoms with van der Waals surface area (Å²) in [6.45, 7) is 8.68. The Hall–Kier alpha value is -1.05. The Morgan fingerprint density at radius 2 is 2.14 bits per heavy atom. The average Bonchev–Trinajstić information content (AvgIpc) is 2.02. The van der Waals surface area contributed by atoms with Crippen molar-refractivity contribution in [2.45, 2.75) is 46.1 Å². The van der Waals surface area contributed by atoms with E-state index in [9.17, 15) is 0 Å². The standard InChI is InChI=1S/C12H20N2/c1-5-7-12(3,4)14-11-6-8-13-10(2)9-11/h6,8-9H,5,7H2,1-4H3,(H,13,14). The van der Waals surface area contributed by atoms with Crippen molar-refractivity contribution >= 4 is 5.69 Å². The van der Waals surface area contributed by atoms with Crippen LogP contribution < -0.4 is 5.32 Å². The third kappa shape index (κ3) is 3.36. The number of aryl methyl sites for hydroxylation is 1. The van der Waals surface area contributed by atoms with Crippen LogP contribution in [0.2, 0.25) is 0 Å². The number of pyridine rings is 1. The van der Waals surface area contributed by atoms with Crippen molar-refractivity contribution in [2.75, 3.05) is 5.32 Å². The molecule has 14 heavy (non-hydrogen) atoms. The SMILES string of the molecule is CCCC(C)(C)Nc1ccnc(C)c1. The first-order valence-electron chi connectivity index (χ1n) is 5.24. The lowest BCUT2D eigenvalue weighted by Crippen LogP contribution is -2.30. The van der Waals surface area contributed by atoms with Gasteiger partial charge in [-0.25, -0.2) is 0 Å². The lowest BCUT2D eigenvalue weighted by molar-refractivity contribution is 0.511. The minimum atomic E-state index is 0.169. The number of nitrogens with zero attached hydrogens (tertiary/aromatic N) is 1. The zero-order chi connectivity index (χ0) is 10.6. The van der Waals surface area contributed by atoms with Crippen molar-refractivity contribution in [3.63, 3.8) is 0 Å². The predicted octanol–water partition coefficient (Wildman–Crippen LogP) is 3.38. The molecular weight excluding hydrogens is 172 g/mol. The van der Waals surface area contributed by atoms with Crippen LogP contribution in [0.25, 0.3) is 0 Å². The Morgan fingerprint density at radius 1 is 1.43 bits per heavy atom. The van der Waals surface area contributed by atoms with Gasteiger partial charge in [0.25, 0.3) is 0 Å². The first-order valence-corrected chi connectivity index (χ1v) is 5.24. The van der Waals surface area contributed by atoms with Gasteiger partial charge in [-0.15, -0.1) is 0 Å². The van der Waals surface area contributed by atoms with Gasteiger partial charge < -0.3 is 5.32 Å². The fraction of sp³-hybridized carbons (Fsp3) is 0.583. The monoisotopic (exact) mass is 192 g/mol. The highest BCUT2D eigenvalue weighted by atomic mass is 15.0. The van der Waals surface area contributed by atoms with E-state index in [4.69, 9.17) is 0 Å². The summed E-state index contributed by atoms with van der Waals surface area (Å²) in [5.74, 6) is 0. The largest absolute Gasteiger partial charge is 0.380 e. The van der Waals surface area contributed by atoms with Crippen LogP contribution in [-0.2, 0) is 0 Å². The van der Waals surface area contributed by atoms with Crippen molar-refractivity contribution in [1.82, 2.24) is 4.98 Å². The summed E-state index contributed by atoms with van der Waals surface area (Å²) in [7, 11) is 0. The predicted molar refractivity (Wildman–Crippen MR) is 61.6 cm³/mol. The molecule has 0 aliphatic rings. The number of nitrogens with one attached hydrogen (secondary N) is 1. The van der Waals surface area contributed by atoms with Crippen molar-refractivity contribution in [1.29, 1.82) is 0 Å². The molecule has 1 aromatic heterocycles. The van der Waals surface area contributed by atoms with E-state index in [2.05, 4.69) is 37.1 Å². The van der Waals surface area contributed by atoms with E-state index in [0.717, 1.165) is 11.4 Å². The molecule has 2 heteroatoms. The maximum atomic E-state index is 4.18. The van der Waals surface area contributed by atoms with E-state index in [1.165, 1.54) is 12.8 Å². The summed E-state index contributed by atoms with van der Waals surface area (Å²) in [6, 6.07) is 4.10. The molecule has 0 saturated carbocycles. The molecule has 0 atom stereocenters. The molecule has 2 nitrogen and oxygen atoms in total. The van der Waals surface area contributed by atoms with E-state index in [-0.39, 0.29) is 5.54 Å². The zero-order valence-electron chi connectivity index (χ0n) is 9.59. The summed E-state index contributed by atoms with van der Waals surface area (Å²) in [6.07, 6.45) is 4.22. The van der Waals surface area contributed by atoms with Gasteiger partial charge in [0.15, 0.2) is 0 Å². The number of hydrogen-bond donors (Lipinski definition) is 1. The van der Waals surface area contributed by atoms with Gasteiger partial charge in [0.1, 0.15) is 0 Å². The van der Waals surface area contributed by atoms with Crippen LogP contribution in [0.3, 0.4) is 0 Å². The van der Waals surface area contributed by atoms with E-state index in [0.29, 0.717) is 0 Å². The molecule has 1 heterocycles. The summed E-state index contributed by atoms with van der Waals surface area (Å²) >= 11 is 0. The van der Waals surface area contributed by atoms with Crippen LogP contribution in [0.4, 0.5) is 5.69 Å². The van der Waals surface area contributed by atoms with Gasteiger partial charge in [-0.1, -0.05) is 13.3 Å². The molecule has 0 bridgehead atoms. The third-order valence-electron chi connectivity index (χ3n) is 2.25. The summed E-state index contributed by atoms with van der Waals surface area (Å²) in [5, 5.41) is 3.52. The Morgan fingerprint density at radius 3 is 2.71 bits per heavy atom. The van der Waals surface area contributed by atoms with Crippen LogP contribution >= 0.6 is 0 Å². The molecule has 0 aromatic carbocycles. The lowest BCUT2D eigenvalue weighted by atomic mass is 9.98. The highest BCUT2D eigenvalue weighted by Crippen LogP contribution is 2.19. The van der Waals surface area contributed by atoms with E-state index in [1.54, 1.807) is 0 Å². The molecule has 0 amide bonds. The fourth-order valence-electron chi connectivity index (χ4n) is 1.70. The van der Waals surface area contributed by atoms with Gasteiger partial charge in [0.2, 0.25) is 0 Å². The molecule has 0 fully saturated rings. The second-order valence-corrected chi connectivity index (χ2v) is 4.44. The molecule has 0 spiro atoms. The van der Waals surface area contributed by atoms with Gasteiger partial charge in [-0.3, -0.25) is 4.98 Å². The molecular formula is C12H20N2. The number of anilines is 1. The highest BCUT2D eigenvalue weighted by molar-refractivity contribution is 5.45. The first-order chi connectivity index (χ1) is 6.53. The lowest BCUT2D eigenvalue weighted by Gasteiger charge is -2.27. The number of rotatable bonds is 4. The second-order valence-electron chi connectivity index (χ2n) is 4.44. The summed E-state index contributed by atoms with van der Waals surface area (Å²) < 4.78 is 0. The van der Waals surface area contributed by atoms with Gasteiger partial charge in [0.05, 0.1) is 0 Å². The molecule has 0 saturated heterocycles. The summed E-state index contributed by atoms with van der Waals surface area (Å²) in [5.41, 5.74) is 2.39. The van der Waals surface area contributed by atoms with Crippen LogP contribution in [0, 0.1) is 6.92 Å². The fourth-order valence-corrected chi connectivity index (χ4v) is 1.70. The van der Waals surface area contributed by atoms with E-state index >= 15 is 0 Å². The minimum Gasteiger partial charge on any atom is -0.380 e. The molecule has 0 unspecified atom stereocenters.